The van der Waals surface area contributed by atoms with Crippen LogP contribution in [0.1, 0.15) is 30.1 Å². The van der Waals surface area contributed by atoms with E-state index in [4.69, 9.17) is 0 Å². The maximum atomic E-state index is 4.50. The predicted octanol–water partition coefficient (Wildman–Crippen LogP) is 1.89. The smallest absolute Gasteiger partial charge is 0.143 e. The Hall–Kier alpha value is -1.91. The van der Waals surface area contributed by atoms with Gasteiger partial charge in [-0.25, -0.2) is 15.0 Å². The standard InChI is InChI=1S/C13H17N5/c1-9-16-12(14-2)7-13(17-9)18-8-15-10-5-3-4-6-11(10)18/h7-8H,3-6H2,1-2H3,(H,14,16,17). The number of nitrogens with zero attached hydrogens (tertiary/aromatic N) is 4. The van der Waals surface area contributed by atoms with Crippen molar-refractivity contribution in [3.05, 3.63) is 29.6 Å². The summed E-state index contributed by atoms with van der Waals surface area (Å²) < 4.78 is 2.10. The Morgan fingerprint density at radius 1 is 1.22 bits per heavy atom. The third-order valence-electron chi connectivity index (χ3n) is 3.36. The number of anilines is 1. The first kappa shape index (κ1) is 11.2. The first-order valence-corrected chi connectivity index (χ1v) is 6.37. The van der Waals surface area contributed by atoms with Crippen LogP contribution in [-0.2, 0) is 12.8 Å². The molecule has 1 aliphatic carbocycles. The van der Waals surface area contributed by atoms with Gasteiger partial charge in [-0.1, -0.05) is 0 Å². The van der Waals surface area contributed by atoms with E-state index in [0.29, 0.717) is 0 Å². The number of hydrogen-bond donors (Lipinski definition) is 1. The summed E-state index contributed by atoms with van der Waals surface area (Å²) in [5, 5.41) is 3.07. The summed E-state index contributed by atoms with van der Waals surface area (Å²) in [6.07, 6.45) is 6.55. The molecule has 5 nitrogen and oxygen atoms in total. The molecule has 0 spiro atoms. The van der Waals surface area contributed by atoms with Crippen LogP contribution in [0.3, 0.4) is 0 Å². The van der Waals surface area contributed by atoms with Crippen LogP contribution in [-0.4, -0.2) is 26.6 Å². The minimum absolute atomic E-state index is 0.773. The summed E-state index contributed by atoms with van der Waals surface area (Å²) >= 11 is 0. The van der Waals surface area contributed by atoms with Crippen LogP contribution < -0.4 is 5.32 Å². The van der Waals surface area contributed by atoms with Crippen LogP contribution in [0.4, 0.5) is 5.82 Å². The molecule has 94 valence electrons. The van der Waals surface area contributed by atoms with Gasteiger partial charge in [0.2, 0.25) is 0 Å². The second-order valence-electron chi connectivity index (χ2n) is 4.62. The van der Waals surface area contributed by atoms with Crippen molar-refractivity contribution in [3.63, 3.8) is 0 Å². The number of aryl methyl sites for hydroxylation is 2. The molecule has 0 aromatic carbocycles. The average Bonchev–Trinajstić information content (AvgIpc) is 2.81. The fourth-order valence-corrected chi connectivity index (χ4v) is 2.47. The van der Waals surface area contributed by atoms with E-state index in [9.17, 15) is 0 Å². The summed E-state index contributed by atoms with van der Waals surface area (Å²) in [6.45, 7) is 1.91. The van der Waals surface area contributed by atoms with Gasteiger partial charge in [0, 0.05) is 18.8 Å². The normalized spacial score (nSPS) is 14.3. The van der Waals surface area contributed by atoms with E-state index in [-0.39, 0.29) is 0 Å². The molecule has 2 heterocycles. The second kappa shape index (κ2) is 4.40. The van der Waals surface area contributed by atoms with Crippen molar-refractivity contribution in [1.29, 1.82) is 0 Å². The van der Waals surface area contributed by atoms with Crippen LogP contribution in [0.5, 0.6) is 0 Å². The van der Waals surface area contributed by atoms with Crippen molar-refractivity contribution >= 4 is 5.82 Å². The molecule has 1 N–H and O–H groups in total. The van der Waals surface area contributed by atoms with E-state index in [1.54, 1.807) is 0 Å². The van der Waals surface area contributed by atoms with Gasteiger partial charge in [-0.2, -0.15) is 0 Å². The van der Waals surface area contributed by atoms with Crippen LogP contribution >= 0.6 is 0 Å². The molecule has 0 aliphatic heterocycles. The third kappa shape index (κ3) is 1.85. The Balaban J connectivity index is 2.09. The molecule has 0 unspecified atom stereocenters. The lowest BCUT2D eigenvalue weighted by Gasteiger charge is -2.14. The minimum Gasteiger partial charge on any atom is -0.373 e. The molecule has 0 bridgehead atoms. The van der Waals surface area contributed by atoms with E-state index in [0.717, 1.165) is 30.3 Å². The lowest BCUT2D eigenvalue weighted by atomic mass is 10.0. The Labute approximate surface area is 106 Å². The maximum absolute atomic E-state index is 4.50. The van der Waals surface area contributed by atoms with E-state index in [1.165, 1.54) is 24.2 Å². The van der Waals surface area contributed by atoms with Crippen LogP contribution in [0.15, 0.2) is 12.4 Å². The highest BCUT2D eigenvalue weighted by Crippen LogP contribution is 2.23. The first-order chi connectivity index (χ1) is 8.78. The highest BCUT2D eigenvalue weighted by Gasteiger charge is 2.17. The molecule has 3 rings (SSSR count). The summed E-state index contributed by atoms with van der Waals surface area (Å²) in [5.41, 5.74) is 2.53. The molecule has 0 amide bonds. The molecular weight excluding hydrogens is 226 g/mol. The number of hydrogen-bond acceptors (Lipinski definition) is 4. The van der Waals surface area contributed by atoms with Gasteiger partial charge in [-0.05, 0) is 32.6 Å². The molecule has 1 aliphatic rings. The van der Waals surface area contributed by atoms with Crippen molar-refractivity contribution in [2.24, 2.45) is 0 Å². The molecule has 0 saturated heterocycles. The van der Waals surface area contributed by atoms with Crippen LogP contribution in [0.2, 0.25) is 0 Å². The van der Waals surface area contributed by atoms with Crippen molar-refractivity contribution < 1.29 is 0 Å². The Morgan fingerprint density at radius 3 is 2.89 bits per heavy atom. The lowest BCUT2D eigenvalue weighted by molar-refractivity contribution is 0.653. The van der Waals surface area contributed by atoms with Gasteiger partial charge in [0.25, 0.3) is 0 Å². The summed E-state index contributed by atoms with van der Waals surface area (Å²) in [4.78, 5) is 13.3. The van der Waals surface area contributed by atoms with E-state index in [2.05, 4.69) is 24.8 Å². The molecule has 2 aromatic heterocycles. The van der Waals surface area contributed by atoms with Gasteiger partial charge in [-0.3, -0.25) is 4.57 Å². The molecule has 18 heavy (non-hydrogen) atoms. The zero-order valence-corrected chi connectivity index (χ0v) is 10.8. The summed E-state index contributed by atoms with van der Waals surface area (Å²) in [7, 11) is 1.87. The predicted molar refractivity (Wildman–Crippen MR) is 70.1 cm³/mol. The lowest BCUT2D eigenvalue weighted by Crippen LogP contribution is -2.09. The highest BCUT2D eigenvalue weighted by molar-refractivity contribution is 5.42. The number of nitrogens with one attached hydrogen (secondary N) is 1. The molecular formula is C13H17N5. The molecule has 0 atom stereocenters. The highest BCUT2D eigenvalue weighted by atomic mass is 15.1. The monoisotopic (exact) mass is 243 g/mol. The molecule has 5 heteroatoms. The van der Waals surface area contributed by atoms with Gasteiger partial charge in [0.1, 0.15) is 23.8 Å². The zero-order valence-electron chi connectivity index (χ0n) is 10.8. The van der Waals surface area contributed by atoms with Gasteiger partial charge in [-0.15, -0.1) is 0 Å². The maximum Gasteiger partial charge on any atom is 0.143 e. The van der Waals surface area contributed by atoms with Crippen molar-refractivity contribution in [2.75, 3.05) is 12.4 Å². The zero-order chi connectivity index (χ0) is 12.5. The van der Waals surface area contributed by atoms with Gasteiger partial charge in [0.15, 0.2) is 0 Å². The fraction of sp³-hybridized carbons (Fsp3) is 0.462. The third-order valence-corrected chi connectivity index (χ3v) is 3.36. The number of aromatic nitrogens is 4. The minimum atomic E-state index is 0.773. The van der Waals surface area contributed by atoms with E-state index in [1.807, 2.05) is 26.4 Å². The average molecular weight is 243 g/mol. The van der Waals surface area contributed by atoms with Crippen LogP contribution in [0, 0.1) is 6.92 Å². The Bertz CT molecular complexity index is 573. The van der Waals surface area contributed by atoms with Crippen molar-refractivity contribution in [3.8, 4) is 5.82 Å². The van der Waals surface area contributed by atoms with Crippen LogP contribution in [0.25, 0.3) is 5.82 Å². The fourth-order valence-electron chi connectivity index (χ4n) is 2.47. The summed E-state index contributed by atoms with van der Waals surface area (Å²) in [5.74, 6) is 2.52. The molecule has 0 radical (unpaired) electrons. The van der Waals surface area contributed by atoms with E-state index >= 15 is 0 Å². The van der Waals surface area contributed by atoms with Gasteiger partial charge < -0.3 is 5.32 Å². The quantitative estimate of drug-likeness (QED) is 0.875. The van der Waals surface area contributed by atoms with E-state index < -0.39 is 0 Å². The topological polar surface area (TPSA) is 55.6 Å². The first-order valence-electron chi connectivity index (χ1n) is 6.37. The van der Waals surface area contributed by atoms with Gasteiger partial charge >= 0.3 is 0 Å². The SMILES string of the molecule is CNc1cc(-n2cnc3c2CCCC3)nc(C)n1. The molecule has 2 aromatic rings. The van der Waals surface area contributed by atoms with Crippen molar-refractivity contribution in [2.45, 2.75) is 32.6 Å². The molecule has 0 saturated carbocycles. The van der Waals surface area contributed by atoms with Gasteiger partial charge in [0.05, 0.1) is 5.69 Å². The number of imidazole rings is 1. The summed E-state index contributed by atoms with van der Waals surface area (Å²) in [6, 6.07) is 1.96. The Morgan fingerprint density at radius 2 is 2.06 bits per heavy atom. The number of rotatable bonds is 2. The largest absolute Gasteiger partial charge is 0.373 e. The Kier molecular flexibility index (Phi) is 2.74. The molecule has 0 fully saturated rings. The second-order valence-corrected chi connectivity index (χ2v) is 4.62. The van der Waals surface area contributed by atoms with Crippen molar-refractivity contribution in [1.82, 2.24) is 19.5 Å². The number of fused-ring (bicyclic) bond motifs is 1.